The van der Waals surface area contributed by atoms with E-state index in [2.05, 4.69) is 29.4 Å². The first-order valence-corrected chi connectivity index (χ1v) is 9.08. The van der Waals surface area contributed by atoms with Crippen molar-refractivity contribution in [2.75, 3.05) is 50.2 Å². The molecular weight excluding hydrogens is 350 g/mol. The van der Waals surface area contributed by atoms with E-state index in [9.17, 15) is 8.42 Å². The maximum Gasteiger partial charge on any atom is 0.245 e. The number of sulfonamides is 1. The largest absolute Gasteiger partial charge is 0.378 e. The summed E-state index contributed by atoms with van der Waals surface area (Å²) in [5.41, 5.74) is 0. The standard InChI is InChI=1S/C13H19N7O4S/c1-19(2)12-16-11(8-15-25(21,22)10-7-14-24-9-10)17-13(18-12)20-3-5-23-6-4-20/h7,9,15H,3-6,8H2,1-2H3. The lowest BCUT2D eigenvalue weighted by molar-refractivity contribution is 0.122. The van der Waals surface area contributed by atoms with Gasteiger partial charge in [-0.1, -0.05) is 5.16 Å². The van der Waals surface area contributed by atoms with Gasteiger partial charge in [0.2, 0.25) is 21.9 Å². The second-order valence-electron chi connectivity index (χ2n) is 5.53. The molecule has 0 unspecified atom stereocenters. The number of nitrogens with one attached hydrogen (secondary N) is 1. The van der Waals surface area contributed by atoms with Crippen molar-refractivity contribution in [3.63, 3.8) is 0 Å². The predicted octanol–water partition coefficient (Wildman–Crippen LogP) is -0.759. The van der Waals surface area contributed by atoms with Crippen molar-refractivity contribution in [3.8, 4) is 0 Å². The molecule has 0 bridgehead atoms. The summed E-state index contributed by atoms with van der Waals surface area (Å²) in [6.07, 6.45) is 2.18. The fourth-order valence-electron chi connectivity index (χ4n) is 2.15. The van der Waals surface area contributed by atoms with Crippen LogP contribution in [0.15, 0.2) is 21.9 Å². The van der Waals surface area contributed by atoms with Crippen LogP contribution >= 0.6 is 0 Å². The lowest BCUT2D eigenvalue weighted by Crippen LogP contribution is -2.38. The van der Waals surface area contributed by atoms with Crippen LogP contribution in [0.2, 0.25) is 0 Å². The monoisotopic (exact) mass is 369 g/mol. The molecule has 1 N–H and O–H groups in total. The molecule has 0 spiro atoms. The van der Waals surface area contributed by atoms with Gasteiger partial charge >= 0.3 is 0 Å². The van der Waals surface area contributed by atoms with E-state index in [1.54, 1.807) is 4.90 Å². The topological polar surface area (TPSA) is 127 Å². The summed E-state index contributed by atoms with van der Waals surface area (Å²) in [5, 5.41) is 3.40. The molecule has 3 rings (SSSR count). The molecule has 0 atom stereocenters. The summed E-state index contributed by atoms with van der Waals surface area (Å²) in [4.78, 5) is 16.8. The minimum absolute atomic E-state index is 0.0530. The lowest BCUT2D eigenvalue weighted by Gasteiger charge is -2.27. The number of rotatable bonds is 6. The van der Waals surface area contributed by atoms with Crippen molar-refractivity contribution in [2.24, 2.45) is 0 Å². The number of ether oxygens (including phenoxy) is 1. The first-order valence-electron chi connectivity index (χ1n) is 7.60. The molecule has 2 aromatic heterocycles. The summed E-state index contributed by atoms with van der Waals surface area (Å²) in [6, 6.07) is 0. The average Bonchev–Trinajstić information content (AvgIpc) is 3.16. The van der Waals surface area contributed by atoms with Gasteiger partial charge in [-0.25, -0.2) is 13.1 Å². The number of nitrogens with zero attached hydrogens (tertiary/aromatic N) is 6. The number of hydrogen-bond donors (Lipinski definition) is 1. The van der Waals surface area contributed by atoms with Crippen LogP contribution < -0.4 is 14.5 Å². The van der Waals surface area contributed by atoms with Crippen molar-refractivity contribution in [3.05, 3.63) is 18.3 Å². The van der Waals surface area contributed by atoms with Crippen LogP contribution in [0.4, 0.5) is 11.9 Å². The molecule has 12 heteroatoms. The lowest BCUT2D eigenvalue weighted by atomic mass is 10.4. The fourth-order valence-corrected chi connectivity index (χ4v) is 2.99. The van der Waals surface area contributed by atoms with Gasteiger partial charge < -0.3 is 19.1 Å². The second kappa shape index (κ2) is 7.29. The minimum Gasteiger partial charge on any atom is -0.378 e. The fraction of sp³-hybridized carbons (Fsp3) is 0.538. The molecule has 0 aliphatic carbocycles. The van der Waals surface area contributed by atoms with E-state index in [4.69, 9.17) is 4.74 Å². The van der Waals surface area contributed by atoms with E-state index in [-0.39, 0.29) is 11.4 Å². The molecule has 3 heterocycles. The quantitative estimate of drug-likeness (QED) is 0.694. The third-order valence-electron chi connectivity index (χ3n) is 3.49. The van der Waals surface area contributed by atoms with Crippen molar-refractivity contribution in [2.45, 2.75) is 11.4 Å². The third kappa shape index (κ3) is 4.21. The second-order valence-corrected chi connectivity index (χ2v) is 7.30. The molecule has 0 aromatic carbocycles. The van der Waals surface area contributed by atoms with Gasteiger partial charge in [-0.05, 0) is 0 Å². The maximum absolute atomic E-state index is 12.2. The Labute approximate surface area is 145 Å². The normalized spacial score (nSPS) is 15.4. The SMILES string of the molecule is CN(C)c1nc(CNS(=O)(=O)c2cnoc2)nc(N2CCOCC2)n1. The summed E-state index contributed by atoms with van der Waals surface area (Å²) in [6.45, 7) is 2.45. The first-order chi connectivity index (χ1) is 12.0. The van der Waals surface area contributed by atoms with E-state index < -0.39 is 10.0 Å². The van der Waals surface area contributed by atoms with Gasteiger partial charge in [0.15, 0.2) is 5.82 Å². The van der Waals surface area contributed by atoms with E-state index in [1.165, 1.54) is 0 Å². The van der Waals surface area contributed by atoms with Gasteiger partial charge in [0.05, 0.1) is 26.0 Å². The molecule has 1 aliphatic heterocycles. The molecule has 25 heavy (non-hydrogen) atoms. The highest BCUT2D eigenvalue weighted by Gasteiger charge is 2.20. The van der Waals surface area contributed by atoms with Crippen LogP contribution in [-0.2, 0) is 21.3 Å². The first kappa shape index (κ1) is 17.5. The Morgan fingerprint density at radius 1 is 1.24 bits per heavy atom. The highest BCUT2D eigenvalue weighted by molar-refractivity contribution is 7.89. The minimum atomic E-state index is -3.74. The van der Waals surface area contributed by atoms with Crippen molar-refractivity contribution >= 4 is 21.9 Å². The Morgan fingerprint density at radius 3 is 2.64 bits per heavy atom. The van der Waals surface area contributed by atoms with Gasteiger partial charge in [0.1, 0.15) is 11.2 Å². The molecule has 136 valence electrons. The van der Waals surface area contributed by atoms with Crippen LogP contribution in [0.1, 0.15) is 5.82 Å². The molecule has 0 amide bonds. The van der Waals surface area contributed by atoms with Gasteiger partial charge in [-0.2, -0.15) is 15.0 Å². The Balaban J connectivity index is 1.81. The summed E-state index contributed by atoms with van der Waals surface area (Å²) >= 11 is 0. The van der Waals surface area contributed by atoms with Crippen LogP contribution in [0.25, 0.3) is 0 Å². The zero-order valence-electron chi connectivity index (χ0n) is 13.9. The van der Waals surface area contributed by atoms with Crippen molar-refractivity contribution in [1.82, 2.24) is 24.8 Å². The average molecular weight is 369 g/mol. The maximum atomic E-state index is 12.2. The van der Waals surface area contributed by atoms with Crippen LogP contribution in [-0.4, -0.2) is 68.9 Å². The summed E-state index contributed by atoms with van der Waals surface area (Å²) in [7, 11) is -0.122. The zero-order chi connectivity index (χ0) is 17.9. The van der Waals surface area contributed by atoms with Gasteiger partial charge in [-0.15, -0.1) is 0 Å². The van der Waals surface area contributed by atoms with Gasteiger partial charge in [-0.3, -0.25) is 0 Å². The summed E-state index contributed by atoms with van der Waals surface area (Å²) in [5.74, 6) is 1.28. The number of hydrogen-bond acceptors (Lipinski definition) is 10. The van der Waals surface area contributed by atoms with Crippen LogP contribution in [0, 0.1) is 0 Å². The molecule has 2 aromatic rings. The molecule has 11 nitrogen and oxygen atoms in total. The highest BCUT2D eigenvalue weighted by atomic mass is 32.2. The van der Waals surface area contributed by atoms with E-state index >= 15 is 0 Å². The molecule has 0 radical (unpaired) electrons. The van der Waals surface area contributed by atoms with E-state index in [1.807, 2.05) is 19.0 Å². The van der Waals surface area contributed by atoms with Crippen LogP contribution in [0.3, 0.4) is 0 Å². The number of morpholine rings is 1. The van der Waals surface area contributed by atoms with Gasteiger partial charge in [0, 0.05) is 27.2 Å². The molecule has 0 saturated carbocycles. The third-order valence-corrected chi connectivity index (χ3v) is 4.84. The smallest absolute Gasteiger partial charge is 0.245 e. The highest BCUT2D eigenvalue weighted by Crippen LogP contribution is 2.15. The molecule has 1 fully saturated rings. The molecular formula is C13H19N7O4S. The molecule has 1 aliphatic rings. The Morgan fingerprint density at radius 2 is 2.00 bits per heavy atom. The Bertz CT molecular complexity index is 804. The Kier molecular flexibility index (Phi) is 5.11. The number of anilines is 2. The zero-order valence-corrected chi connectivity index (χ0v) is 14.7. The van der Waals surface area contributed by atoms with Crippen molar-refractivity contribution in [1.29, 1.82) is 0 Å². The van der Waals surface area contributed by atoms with Crippen molar-refractivity contribution < 1.29 is 17.7 Å². The Hall–Kier alpha value is -2.31. The predicted molar refractivity (Wildman–Crippen MR) is 87.7 cm³/mol. The van der Waals surface area contributed by atoms with E-state index in [0.717, 1.165) is 12.5 Å². The summed E-state index contributed by atoms with van der Waals surface area (Å²) < 4.78 is 36.6. The number of aromatic nitrogens is 4. The van der Waals surface area contributed by atoms with Gasteiger partial charge in [0.25, 0.3) is 0 Å². The van der Waals surface area contributed by atoms with Crippen LogP contribution in [0.5, 0.6) is 0 Å². The molecule has 1 saturated heterocycles. The van der Waals surface area contributed by atoms with E-state index in [0.29, 0.717) is 44.0 Å².